The van der Waals surface area contributed by atoms with Crippen molar-refractivity contribution in [2.75, 3.05) is 0 Å². The van der Waals surface area contributed by atoms with Crippen LogP contribution in [0.5, 0.6) is 17.2 Å². The van der Waals surface area contributed by atoms with Gasteiger partial charge >= 0.3 is 0 Å². The van der Waals surface area contributed by atoms with Gasteiger partial charge in [0.1, 0.15) is 5.75 Å². The molecule has 0 aromatic heterocycles. The first-order chi connectivity index (χ1) is 6.70. The molecule has 0 aliphatic carbocycles. The summed E-state index contributed by atoms with van der Waals surface area (Å²) in [7, 11) is 0. The maximum Gasteiger partial charge on any atom is 0.161 e. The molecule has 1 aromatic carbocycles. The molecular formula is C11H14O3. The number of aromatic hydroxyl groups is 2. The fourth-order valence-corrected chi connectivity index (χ4v) is 1.75. The van der Waals surface area contributed by atoms with E-state index in [1.165, 1.54) is 6.07 Å². The summed E-state index contributed by atoms with van der Waals surface area (Å²) >= 11 is 0. The van der Waals surface area contributed by atoms with E-state index in [0.29, 0.717) is 5.75 Å². The van der Waals surface area contributed by atoms with Crippen LogP contribution in [0.15, 0.2) is 12.1 Å². The summed E-state index contributed by atoms with van der Waals surface area (Å²) < 4.78 is 5.65. The average Bonchev–Trinajstić information content (AvgIpc) is 2.19. The predicted molar refractivity (Wildman–Crippen MR) is 52.8 cm³/mol. The Hall–Kier alpha value is -1.38. The van der Waals surface area contributed by atoms with Crippen molar-refractivity contribution in [3.05, 3.63) is 17.7 Å². The van der Waals surface area contributed by atoms with E-state index in [9.17, 15) is 10.2 Å². The van der Waals surface area contributed by atoms with Crippen molar-refractivity contribution in [2.45, 2.75) is 32.3 Å². The van der Waals surface area contributed by atoms with Gasteiger partial charge in [-0.2, -0.15) is 0 Å². The van der Waals surface area contributed by atoms with E-state index in [2.05, 4.69) is 6.92 Å². The Morgan fingerprint density at radius 2 is 2.07 bits per heavy atom. The van der Waals surface area contributed by atoms with Gasteiger partial charge in [0.05, 0.1) is 6.10 Å². The highest BCUT2D eigenvalue weighted by Crippen LogP contribution is 2.37. The van der Waals surface area contributed by atoms with Crippen molar-refractivity contribution in [1.82, 2.24) is 0 Å². The number of phenolic OH excluding ortho intramolecular Hbond substituents is 2. The van der Waals surface area contributed by atoms with Crippen molar-refractivity contribution in [2.24, 2.45) is 0 Å². The molecule has 1 aromatic rings. The van der Waals surface area contributed by atoms with Crippen LogP contribution in [-0.2, 0) is 6.42 Å². The lowest BCUT2D eigenvalue weighted by atomic mass is 10.0. The number of ether oxygens (including phenoxy) is 1. The topological polar surface area (TPSA) is 49.7 Å². The highest BCUT2D eigenvalue weighted by molar-refractivity contribution is 5.49. The molecule has 0 spiro atoms. The summed E-state index contributed by atoms with van der Waals surface area (Å²) in [4.78, 5) is 0. The molecule has 0 saturated carbocycles. The molecule has 0 amide bonds. The van der Waals surface area contributed by atoms with Gasteiger partial charge in [0.25, 0.3) is 0 Å². The fourth-order valence-electron chi connectivity index (χ4n) is 1.75. The van der Waals surface area contributed by atoms with Gasteiger partial charge in [-0.1, -0.05) is 6.92 Å². The molecule has 0 fully saturated rings. The summed E-state index contributed by atoms with van der Waals surface area (Å²) in [5.41, 5.74) is 0.977. The van der Waals surface area contributed by atoms with Crippen LogP contribution in [0.25, 0.3) is 0 Å². The molecule has 0 radical (unpaired) electrons. The van der Waals surface area contributed by atoms with Crippen LogP contribution >= 0.6 is 0 Å². The zero-order valence-corrected chi connectivity index (χ0v) is 8.16. The Morgan fingerprint density at radius 3 is 2.79 bits per heavy atom. The van der Waals surface area contributed by atoms with Crippen LogP contribution in [0.3, 0.4) is 0 Å². The van der Waals surface area contributed by atoms with Crippen LogP contribution < -0.4 is 4.74 Å². The number of rotatable bonds is 1. The van der Waals surface area contributed by atoms with E-state index in [4.69, 9.17) is 4.74 Å². The molecule has 3 heteroatoms. The van der Waals surface area contributed by atoms with Gasteiger partial charge in [0.15, 0.2) is 11.5 Å². The number of aryl methyl sites for hydroxylation is 1. The monoisotopic (exact) mass is 194 g/mol. The van der Waals surface area contributed by atoms with Gasteiger partial charge < -0.3 is 14.9 Å². The standard InChI is InChI=1S/C11H14O3/c1-2-8-4-3-7-5-9(12)10(13)6-11(7)14-8/h5-6,8,12-13H,2-4H2,1H3. The molecule has 1 aliphatic heterocycles. The Morgan fingerprint density at radius 1 is 1.36 bits per heavy atom. The van der Waals surface area contributed by atoms with Gasteiger partial charge in [-0.25, -0.2) is 0 Å². The molecule has 1 aliphatic rings. The molecule has 2 rings (SSSR count). The second-order valence-electron chi connectivity index (χ2n) is 3.64. The van der Waals surface area contributed by atoms with E-state index in [-0.39, 0.29) is 17.6 Å². The fraction of sp³-hybridized carbons (Fsp3) is 0.455. The molecule has 14 heavy (non-hydrogen) atoms. The van der Waals surface area contributed by atoms with E-state index >= 15 is 0 Å². The van der Waals surface area contributed by atoms with Crippen LogP contribution in [0.4, 0.5) is 0 Å². The minimum atomic E-state index is -0.111. The molecule has 76 valence electrons. The molecule has 1 atom stereocenters. The number of phenols is 2. The second kappa shape index (κ2) is 3.40. The first-order valence-electron chi connectivity index (χ1n) is 4.92. The Labute approximate surface area is 83.0 Å². The predicted octanol–water partition coefficient (Wildman–Crippen LogP) is 2.20. The largest absolute Gasteiger partial charge is 0.504 e. The third kappa shape index (κ3) is 1.50. The van der Waals surface area contributed by atoms with E-state index in [1.54, 1.807) is 6.07 Å². The van der Waals surface area contributed by atoms with Crippen molar-refractivity contribution >= 4 is 0 Å². The van der Waals surface area contributed by atoms with Gasteiger partial charge in [0, 0.05) is 6.07 Å². The maximum absolute atomic E-state index is 9.30. The van der Waals surface area contributed by atoms with Crippen molar-refractivity contribution in [3.8, 4) is 17.2 Å². The second-order valence-corrected chi connectivity index (χ2v) is 3.64. The van der Waals surface area contributed by atoms with Crippen LogP contribution in [0, 0.1) is 0 Å². The molecule has 3 nitrogen and oxygen atoms in total. The Kier molecular flexibility index (Phi) is 2.23. The lowest BCUT2D eigenvalue weighted by Gasteiger charge is -2.25. The zero-order valence-electron chi connectivity index (χ0n) is 8.16. The molecular weight excluding hydrogens is 180 g/mol. The SMILES string of the molecule is CCC1CCc2cc(O)c(O)cc2O1. The van der Waals surface area contributed by atoms with Gasteiger partial charge in [-0.15, -0.1) is 0 Å². The van der Waals surface area contributed by atoms with Crippen LogP contribution in [0.1, 0.15) is 25.3 Å². The number of hydrogen-bond donors (Lipinski definition) is 2. The molecule has 2 N–H and O–H groups in total. The zero-order chi connectivity index (χ0) is 10.1. The summed E-state index contributed by atoms with van der Waals surface area (Å²) in [5, 5.41) is 18.6. The number of hydrogen-bond acceptors (Lipinski definition) is 3. The van der Waals surface area contributed by atoms with Gasteiger partial charge in [-0.05, 0) is 30.9 Å². The molecule has 0 bridgehead atoms. The highest BCUT2D eigenvalue weighted by Gasteiger charge is 2.19. The van der Waals surface area contributed by atoms with E-state index in [0.717, 1.165) is 24.8 Å². The average molecular weight is 194 g/mol. The first kappa shape index (κ1) is 9.19. The van der Waals surface area contributed by atoms with Crippen LogP contribution in [-0.4, -0.2) is 16.3 Å². The van der Waals surface area contributed by atoms with Gasteiger partial charge in [-0.3, -0.25) is 0 Å². The number of fused-ring (bicyclic) bond motifs is 1. The number of benzene rings is 1. The summed E-state index contributed by atoms with van der Waals surface area (Å²) in [5.74, 6) is 0.529. The lowest BCUT2D eigenvalue weighted by molar-refractivity contribution is 0.168. The quantitative estimate of drug-likeness (QED) is 0.674. The molecule has 1 unspecified atom stereocenters. The maximum atomic E-state index is 9.30. The lowest BCUT2D eigenvalue weighted by Crippen LogP contribution is -2.21. The smallest absolute Gasteiger partial charge is 0.161 e. The minimum Gasteiger partial charge on any atom is -0.504 e. The first-order valence-corrected chi connectivity index (χ1v) is 4.92. The third-order valence-electron chi connectivity index (χ3n) is 2.64. The van der Waals surface area contributed by atoms with E-state index in [1.807, 2.05) is 0 Å². The highest BCUT2D eigenvalue weighted by atomic mass is 16.5. The van der Waals surface area contributed by atoms with E-state index < -0.39 is 0 Å². The van der Waals surface area contributed by atoms with Crippen molar-refractivity contribution < 1.29 is 14.9 Å². The summed E-state index contributed by atoms with van der Waals surface area (Å²) in [6, 6.07) is 3.07. The normalized spacial score (nSPS) is 19.9. The van der Waals surface area contributed by atoms with Crippen molar-refractivity contribution in [3.63, 3.8) is 0 Å². The van der Waals surface area contributed by atoms with Gasteiger partial charge in [0.2, 0.25) is 0 Å². The Balaban J connectivity index is 2.33. The van der Waals surface area contributed by atoms with Crippen molar-refractivity contribution in [1.29, 1.82) is 0 Å². The minimum absolute atomic E-state index is 0.0673. The summed E-state index contributed by atoms with van der Waals surface area (Å²) in [6.07, 6.45) is 3.10. The molecule has 1 heterocycles. The molecule has 0 saturated heterocycles. The van der Waals surface area contributed by atoms with Crippen LogP contribution in [0.2, 0.25) is 0 Å². The Bertz CT molecular complexity index is 347. The third-order valence-corrected chi connectivity index (χ3v) is 2.64. The summed E-state index contributed by atoms with van der Waals surface area (Å²) in [6.45, 7) is 2.08.